The van der Waals surface area contributed by atoms with E-state index in [4.69, 9.17) is 0 Å². The van der Waals surface area contributed by atoms with Gasteiger partial charge in [-0.25, -0.2) is 0 Å². The smallest absolute Gasteiger partial charge is 0.147 e. The molecule has 1 aromatic heterocycles. The van der Waals surface area contributed by atoms with Gasteiger partial charge in [0, 0.05) is 24.1 Å². The number of Topliss-reactive ketones (excluding diaryl/α,β-unsaturated/α-hetero) is 1. The minimum Gasteiger partial charge on any atom is -0.298 e. The van der Waals surface area contributed by atoms with Crippen LogP contribution in [0.3, 0.4) is 0 Å². The van der Waals surface area contributed by atoms with Crippen LogP contribution >= 0.6 is 11.8 Å². The van der Waals surface area contributed by atoms with Crippen molar-refractivity contribution in [3.63, 3.8) is 0 Å². The van der Waals surface area contributed by atoms with Crippen LogP contribution in [0.1, 0.15) is 25.8 Å². The highest BCUT2D eigenvalue weighted by Gasteiger charge is 2.06. The molecule has 82 valence electrons. The third kappa shape index (κ3) is 4.98. The molecular formula is C12H17NOS. The van der Waals surface area contributed by atoms with E-state index < -0.39 is 0 Å². The fourth-order valence-electron chi connectivity index (χ4n) is 1.13. The maximum atomic E-state index is 11.6. The van der Waals surface area contributed by atoms with Crippen LogP contribution in [0, 0.1) is 0 Å². The Morgan fingerprint density at radius 2 is 2.40 bits per heavy atom. The number of aromatic nitrogens is 1. The lowest BCUT2D eigenvalue weighted by Gasteiger charge is -2.06. The van der Waals surface area contributed by atoms with Gasteiger partial charge >= 0.3 is 0 Å². The zero-order valence-corrected chi connectivity index (χ0v) is 10.1. The first-order valence-electron chi connectivity index (χ1n) is 5.24. The summed E-state index contributed by atoms with van der Waals surface area (Å²) < 4.78 is 0. The van der Waals surface area contributed by atoms with Crippen molar-refractivity contribution in [1.29, 1.82) is 0 Å². The van der Waals surface area contributed by atoms with E-state index in [0.29, 0.717) is 17.4 Å². The largest absolute Gasteiger partial charge is 0.298 e. The number of pyridine rings is 1. The molecule has 0 aromatic carbocycles. The third-order valence-electron chi connectivity index (χ3n) is 2.23. The maximum Gasteiger partial charge on any atom is 0.147 e. The second-order valence-corrected chi connectivity index (χ2v) is 5.03. The Morgan fingerprint density at radius 3 is 3.00 bits per heavy atom. The molecule has 0 spiro atoms. The Hall–Kier alpha value is -0.830. The summed E-state index contributed by atoms with van der Waals surface area (Å²) in [6.45, 7) is 4.30. The summed E-state index contributed by atoms with van der Waals surface area (Å²) >= 11 is 1.73. The number of carbonyl (C=O) groups is 1. The van der Waals surface area contributed by atoms with Crippen LogP contribution in [0.4, 0.5) is 0 Å². The molecular weight excluding hydrogens is 206 g/mol. The normalized spacial score (nSPS) is 12.4. The second kappa shape index (κ2) is 6.62. The van der Waals surface area contributed by atoms with Crippen LogP contribution in [0.5, 0.6) is 0 Å². The van der Waals surface area contributed by atoms with Crippen LogP contribution in [0.15, 0.2) is 24.5 Å². The molecule has 0 saturated heterocycles. The summed E-state index contributed by atoms with van der Waals surface area (Å²) in [5.41, 5.74) is 1.01. The van der Waals surface area contributed by atoms with Gasteiger partial charge in [0.1, 0.15) is 5.78 Å². The highest BCUT2D eigenvalue weighted by molar-refractivity contribution is 8.00. The van der Waals surface area contributed by atoms with Crippen LogP contribution in [0.25, 0.3) is 0 Å². The number of ketones is 1. The van der Waals surface area contributed by atoms with E-state index in [1.54, 1.807) is 24.2 Å². The zero-order chi connectivity index (χ0) is 11.1. The summed E-state index contributed by atoms with van der Waals surface area (Å²) in [5.74, 6) is 0.900. The fraction of sp³-hybridized carbons (Fsp3) is 0.500. The monoisotopic (exact) mass is 223 g/mol. The quantitative estimate of drug-likeness (QED) is 0.742. The van der Waals surface area contributed by atoms with Crippen molar-refractivity contribution in [2.75, 3.05) is 5.75 Å². The molecule has 0 aliphatic heterocycles. The van der Waals surface area contributed by atoms with E-state index in [1.807, 2.05) is 12.1 Å². The van der Waals surface area contributed by atoms with Gasteiger partial charge in [0.15, 0.2) is 0 Å². The van der Waals surface area contributed by atoms with E-state index in [-0.39, 0.29) is 5.78 Å². The van der Waals surface area contributed by atoms with Crippen molar-refractivity contribution in [1.82, 2.24) is 4.98 Å². The molecule has 0 bridgehead atoms. The van der Waals surface area contributed by atoms with Gasteiger partial charge in [-0.1, -0.05) is 19.9 Å². The fourth-order valence-corrected chi connectivity index (χ4v) is 1.94. The summed E-state index contributed by atoms with van der Waals surface area (Å²) in [4.78, 5) is 15.6. The van der Waals surface area contributed by atoms with Crippen molar-refractivity contribution in [2.45, 2.75) is 31.9 Å². The summed E-state index contributed by atoms with van der Waals surface area (Å²) in [6, 6.07) is 3.81. The molecule has 1 rings (SSSR count). The molecule has 0 saturated carbocycles. The van der Waals surface area contributed by atoms with Gasteiger partial charge in [-0.3, -0.25) is 9.78 Å². The minimum atomic E-state index is 0.285. The van der Waals surface area contributed by atoms with E-state index in [1.165, 1.54) is 0 Å². The van der Waals surface area contributed by atoms with Gasteiger partial charge in [0.2, 0.25) is 0 Å². The van der Waals surface area contributed by atoms with Gasteiger partial charge < -0.3 is 0 Å². The molecule has 0 N–H and O–H groups in total. The first-order valence-corrected chi connectivity index (χ1v) is 6.29. The summed E-state index contributed by atoms with van der Waals surface area (Å²) in [6.07, 6.45) is 5.11. The lowest BCUT2D eigenvalue weighted by molar-refractivity contribution is -0.116. The van der Waals surface area contributed by atoms with Crippen molar-refractivity contribution in [2.24, 2.45) is 0 Å². The molecule has 1 heterocycles. The number of hydrogen-bond acceptors (Lipinski definition) is 3. The Kier molecular flexibility index (Phi) is 5.40. The minimum absolute atomic E-state index is 0.285. The molecule has 2 nitrogen and oxygen atoms in total. The molecule has 1 aromatic rings. The Labute approximate surface area is 95.5 Å². The second-order valence-electron chi connectivity index (χ2n) is 3.61. The molecule has 0 aliphatic rings. The van der Waals surface area contributed by atoms with Crippen LogP contribution in [-0.4, -0.2) is 21.8 Å². The maximum absolute atomic E-state index is 11.6. The average Bonchev–Trinajstić information content (AvgIpc) is 2.27. The van der Waals surface area contributed by atoms with Gasteiger partial charge in [-0.15, -0.1) is 0 Å². The molecule has 0 aliphatic carbocycles. The van der Waals surface area contributed by atoms with E-state index in [0.717, 1.165) is 12.0 Å². The lowest BCUT2D eigenvalue weighted by atomic mass is 10.2. The average molecular weight is 223 g/mol. The van der Waals surface area contributed by atoms with Crippen LogP contribution < -0.4 is 0 Å². The van der Waals surface area contributed by atoms with Gasteiger partial charge in [-0.05, 0) is 18.1 Å². The van der Waals surface area contributed by atoms with Gasteiger partial charge in [0.05, 0.1) is 5.75 Å². The summed E-state index contributed by atoms with van der Waals surface area (Å²) in [7, 11) is 0. The predicted molar refractivity (Wildman–Crippen MR) is 65.2 cm³/mol. The number of carbonyl (C=O) groups excluding carboxylic acids is 1. The Balaban J connectivity index is 2.31. The van der Waals surface area contributed by atoms with E-state index >= 15 is 0 Å². The molecule has 15 heavy (non-hydrogen) atoms. The van der Waals surface area contributed by atoms with Crippen molar-refractivity contribution in [3.8, 4) is 0 Å². The summed E-state index contributed by atoms with van der Waals surface area (Å²) in [5, 5.41) is 0.572. The van der Waals surface area contributed by atoms with Gasteiger partial charge in [0.25, 0.3) is 0 Å². The topological polar surface area (TPSA) is 30.0 Å². The lowest BCUT2D eigenvalue weighted by Crippen LogP contribution is -2.08. The van der Waals surface area contributed by atoms with Crippen molar-refractivity contribution < 1.29 is 4.79 Å². The highest BCUT2D eigenvalue weighted by atomic mass is 32.2. The number of rotatable bonds is 6. The van der Waals surface area contributed by atoms with E-state index in [9.17, 15) is 4.79 Å². The number of hydrogen-bond donors (Lipinski definition) is 0. The van der Waals surface area contributed by atoms with Crippen LogP contribution in [-0.2, 0) is 11.2 Å². The number of thioether (sulfide) groups is 1. The van der Waals surface area contributed by atoms with Gasteiger partial charge in [-0.2, -0.15) is 11.8 Å². The molecule has 1 atom stereocenters. The van der Waals surface area contributed by atoms with Crippen molar-refractivity contribution in [3.05, 3.63) is 30.1 Å². The predicted octanol–water partition coefficient (Wildman–Crippen LogP) is 2.72. The van der Waals surface area contributed by atoms with Crippen LogP contribution in [0.2, 0.25) is 0 Å². The molecule has 0 fully saturated rings. The number of nitrogens with zero attached hydrogens (tertiary/aromatic N) is 1. The first-order chi connectivity index (χ1) is 7.22. The third-order valence-corrected chi connectivity index (χ3v) is 3.62. The standard InChI is InChI=1S/C12H17NOS/c1-3-10(2)15-9-12(14)7-11-5-4-6-13-8-11/h4-6,8,10H,3,7,9H2,1-2H3. The molecule has 3 heteroatoms. The molecule has 1 unspecified atom stereocenters. The first kappa shape index (κ1) is 12.2. The molecule has 0 radical (unpaired) electrons. The zero-order valence-electron chi connectivity index (χ0n) is 9.27. The Morgan fingerprint density at radius 1 is 1.60 bits per heavy atom. The van der Waals surface area contributed by atoms with E-state index in [2.05, 4.69) is 18.8 Å². The SMILES string of the molecule is CCC(C)SCC(=O)Cc1cccnc1. The highest BCUT2D eigenvalue weighted by Crippen LogP contribution is 2.14. The Bertz CT molecular complexity index is 300. The molecule has 0 amide bonds. The van der Waals surface area contributed by atoms with Crippen molar-refractivity contribution >= 4 is 17.5 Å².